The Hall–Kier alpha value is -3.30. The number of nitrogens with one attached hydrogen (secondary N) is 1. The van der Waals surface area contributed by atoms with E-state index in [4.69, 9.17) is 0 Å². The average molecular weight is 469 g/mol. The van der Waals surface area contributed by atoms with Crippen LogP contribution in [-0.4, -0.2) is 49.8 Å². The van der Waals surface area contributed by atoms with E-state index in [1.54, 1.807) is 36.7 Å². The Bertz CT molecular complexity index is 1210. The molecule has 2 heterocycles. The lowest BCUT2D eigenvalue weighted by Crippen LogP contribution is -2.48. The number of carbonyl (C=O) groups is 1. The smallest absolute Gasteiger partial charge is 0.251 e. The second kappa shape index (κ2) is 9.68. The zero-order valence-corrected chi connectivity index (χ0v) is 19.0. The normalized spacial score (nSPS) is 15.8. The van der Waals surface area contributed by atoms with Crippen LogP contribution < -0.4 is 10.2 Å². The summed E-state index contributed by atoms with van der Waals surface area (Å²) in [5.41, 5.74) is 2.04. The highest BCUT2D eigenvalue weighted by Crippen LogP contribution is 2.22. The molecule has 0 aliphatic carbocycles. The number of hydrogen-bond donors (Lipinski definition) is 1. The number of benzene rings is 2. The predicted octanol–water partition coefficient (Wildman–Crippen LogP) is 3.22. The minimum atomic E-state index is -3.75. The summed E-state index contributed by atoms with van der Waals surface area (Å²) in [7, 11) is -3.75. The Morgan fingerprint density at radius 2 is 1.67 bits per heavy atom. The highest BCUT2D eigenvalue weighted by Gasteiger charge is 2.29. The van der Waals surface area contributed by atoms with Crippen LogP contribution in [0.3, 0.4) is 0 Å². The molecule has 1 fully saturated rings. The first-order chi connectivity index (χ1) is 15.8. The van der Waals surface area contributed by atoms with Gasteiger partial charge in [-0.15, -0.1) is 0 Å². The summed E-state index contributed by atoms with van der Waals surface area (Å²) in [6.07, 6.45) is 3.31. The molecule has 1 saturated heterocycles. The maximum absolute atomic E-state index is 13.2. The highest BCUT2D eigenvalue weighted by molar-refractivity contribution is 7.89. The van der Waals surface area contributed by atoms with Gasteiger partial charge in [0, 0.05) is 49.8 Å². The molecule has 0 radical (unpaired) electrons. The van der Waals surface area contributed by atoms with Gasteiger partial charge < -0.3 is 10.2 Å². The molecule has 1 amide bonds. The Balaban J connectivity index is 1.44. The first-order valence-corrected chi connectivity index (χ1v) is 12.1. The molecular weight excluding hydrogens is 443 g/mol. The number of nitrogens with zero attached hydrogens (tertiary/aromatic N) is 3. The molecule has 1 unspecified atom stereocenters. The Morgan fingerprint density at radius 3 is 2.33 bits per heavy atom. The SMILES string of the molecule is CC(NC(=O)c1cccc(S(=O)(=O)N2CCN(c3ccc(F)cc3)CC2)c1)c1ccncc1. The Morgan fingerprint density at radius 1 is 1.00 bits per heavy atom. The summed E-state index contributed by atoms with van der Waals surface area (Å²) in [6, 6.07) is 15.6. The van der Waals surface area contributed by atoms with Crippen molar-refractivity contribution < 1.29 is 17.6 Å². The van der Waals surface area contributed by atoms with E-state index in [0.717, 1.165) is 11.3 Å². The monoisotopic (exact) mass is 468 g/mol. The van der Waals surface area contributed by atoms with Gasteiger partial charge in [0.2, 0.25) is 10.0 Å². The van der Waals surface area contributed by atoms with Crippen molar-refractivity contribution in [2.75, 3.05) is 31.1 Å². The Kier molecular flexibility index (Phi) is 6.71. The van der Waals surface area contributed by atoms with Crippen molar-refractivity contribution in [3.05, 3.63) is 90.0 Å². The summed E-state index contributed by atoms with van der Waals surface area (Å²) in [5, 5.41) is 2.89. The van der Waals surface area contributed by atoms with Crippen molar-refractivity contribution in [3.8, 4) is 0 Å². The summed E-state index contributed by atoms with van der Waals surface area (Å²) < 4.78 is 41.0. The molecule has 0 bridgehead atoms. The summed E-state index contributed by atoms with van der Waals surface area (Å²) in [4.78, 5) is 18.8. The minimum absolute atomic E-state index is 0.0851. The van der Waals surface area contributed by atoms with Gasteiger partial charge in [-0.1, -0.05) is 6.07 Å². The molecule has 1 N–H and O–H groups in total. The number of carbonyl (C=O) groups excluding carboxylic acids is 1. The van der Waals surface area contributed by atoms with Gasteiger partial charge in [0.1, 0.15) is 5.82 Å². The topological polar surface area (TPSA) is 82.6 Å². The van der Waals surface area contributed by atoms with Gasteiger partial charge in [-0.3, -0.25) is 9.78 Å². The van der Waals surface area contributed by atoms with Crippen molar-refractivity contribution in [1.29, 1.82) is 0 Å². The molecule has 2 aromatic carbocycles. The number of sulfonamides is 1. The van der Waals surface area contributed by atoms with Gasteiger partial charge in [-0.05, 0) is 67.1 Å². The first-order valence-electron chi connectivity index (χ1n) is 10.7. The van der Waals surface area contributed by atoms with E-state index < -0.39 is 10.0 Å². The third-order valence-electron chi connectivity index (χ3n) is 5.72. The fourth-order valence-corrected chi connectivity index (χ4v) is 5.27. The van der Waals surface area contributed by atoms with Gasteiger partial charge in [0.05, 0.1) is 10.9 Å². The molecular formula is C24H25FN4O3S. The minimum Gasteiger partial charge on any atom is -0.369 e. The summed E-state index contributed by atoms with van der Waals surface area (Å²) in [6.45, 7) is 3.45. The summed E-state index contributed by atoms with van der Waals surface area (Å²) >= 11 is 0. The zero-order chi connectivity index (χ0) is 23.4. The third-order valence-corrected chi connectivity index (χ3v) is 7.61. The van der Waals surface area contributed by atoms with Crippen LogP contribution in [0.25, 0.3) is 0 Å². The van der Waals surface area contributed by atoms with Crippen LogP contribution in [0, 0.1) is 5.82 Å². The lowest BCUT2D eigenvalue weighted by molar-refractivity contribution is 0.0939. The molecule has 33 heavy (non-hydrogen) atoms. The van der Waals surface area contributed by atoms with Crippen LogP contribution in [0.15, 0.2) is 78.0 Å². The lowest BCUT2D eigenvalue weighted by Gasteiger charge is -2.35. The molecule has 0 spiro atoms. The van der Waals surface area contributed by atoms with E-state index in [0.29, 0.717) is 26.2 Å². The number of piperazine rings is 1. The molecule has 7 nitrogen and oxygen atoms in total. The largest absolute Gasteiger partial charge is 0.369 e. The van der Waals surface area contributed by atoms with Crippen molar-refractivity contribution in [3.63, 3.8) is 0 Å². The average Bonchev–Trinajstić information content (AvgIpc) is 2.85. The molecule has 1 aliphatic heterocycles. The quantitative estimate of drug-likeness (QED) is 0.601. The number of rotatable bonds is 6. The fourth-order valence-electron chi connectivity index (χ4n) is 3.80. The first kappa shape index (κ1) is 22.9. The number of hydrogen-bond acceptors (Lipinski definition) is 5. The van der Waals surface area contributed by atoms with Gasteiger partial charge in [0.25, 0.3) is 5.91 Å². The molecule has 4 rings (SSSR count). The third kappa shape index (κ3) is 5.20. The zero-order valence-electron chi connectivity index (χ0n) is 18.2. The van der Waals surface area contributed by atoms with Gasteiger partial charge in [0.15, 0.2) is 0 Å². The number of pyridine rings is 1. The maximum Gasteiger partial charge on any atom is 0.251 e. The number of anilines is 1. The van der Waals surface area contributed by atoms with Crippen LogP contribution >= 0.6 is 0 Å². The van der Waals surface area contributed by atoms with E-state index in [1.807, 2.05) is 24.0 Å². The predicted molar refractivity (Wildman–Crippen MR) is 124 cm³/mol. The molecule has 1 aromatic heterocycles. The lowest BCUT2D eigenvalue weighted by atomic mass is 10.1. The van der Waals surface area contributed by atoms with Crippen molar-refractivity contribution in [2.24, 2.45) is 0 Å². The van der Waals surface area contributed by atoms with Crippen LogP contribution in [-0.2, 0) is 10.0 Å². The molecule has 1 aliphatic rings. The van der Waals surface area contributed by atoms with Crippen LogP contribution in [0.2, 0.25) is 0 Å². The standard InChI is InChI=1S/C24H25FN4O3S/c1-18(19-9-11-26-12-10-19)27-24(30)20-3-2-4-23(17-20)33(31,32)29-15-13-28(14-16-29)22-7-5-21(25)6-8-22/h2-12,17-18H,13-16H2,1H3,(H,27,30). The second-order valence-electron chi connectivity index (χ2n) is 7.87. The fraction of sp³-hybridized carbons (Fsp3) is 0.250. The van der Waals surface area contributed by atoms with E-state index in [9.17, 15) is 17.6 Å². The van der Waals surface area contributed by atoms with Crippen LogP contribution in [0.4, 0.5) is 10.1 Å². The van der Waals surface area contributed by atoms with Gasteiger partial charge in [-0.2, -0.15) is 4.31 Å². The van der Waals surface area contributed by atoms with E-state index in [-0.39, 0.29) is 28.2 Å². The number of halogens is 1. The van der Waals surface area contributed by atoms with E-state index >= 15 is 0 Å². The second-order valence-corrected chi connectivity index (χ2v) is 9.81. The number of aromatic nitrogens is 1. The molecule has 172 valence electrons. The van der Waals surface area contributed by atoms with Crippen molar-refractivity contribution >= 4 is 21.6 Å². The van der Waals surface area contributed by atoms with Crippen molar-refractivity contribution in [1.82, 2.24) is 14.6 Å². The van der Waals surface area contributed by atoms with Crippen LogP contribution in [0.1, 0.15) is 28.9 Å². The van der Waals surface area contributed by atoms with Gasteiger partial charge >= 0.3 is 0 Å². The van der Waals surface area contributed by atoms with E-state index in [2.05, 4.69) is 10.3 Å². The number of amides is 1. The highest BCUT2D eigenvalue weighted by atomic mass is 32.2. The molecule has 9 heteroatoms. The van der Waals surface area contributed by atoms with E-state index in [1.165, 1.54) is 28.6 Å². The Labute approximate surface area is 192 Å². The molecule has 0 saturated carbocycles. The summed E-state index contributed by atoms with van der Waals surface area (Å²) in [5.74, 6) is -0.656. The van der Waals surface area contributed by atoms with Gasteiger partial charge in [-0.25, -0.2) is 12.8 Å². The van der Waals surface area contributed by atoms with Crippen molar-refractivity contribution in [2.45, 2.75) is 17.9 Å². The molecule has 1 atom stereocenters. The molecule has 3 aromatic rings. The maximum atomic E-state index is 13.2. The van der Waals surface area contributed by atoms with Crippen LogP contribution in [0.5, 0.6) is 0 Å².